The molecule has 0 amide bonds. The summed E-state index contributed by atoms with van der Waals surface area (Å²) in [5, 5.41) is 11.5. The van der Waals surface area contributed by atoms with Gasteiger partial charge >= 0.3 is 5.97 Å². The van der Waals surface area contributed by atoms with E-state index in [4.69, 9.17) is 5.11 Å². The number of carboxylic acid groups (broad SMARTS) is 1. The number of halogens is 1. The van der Waals surface area contributed by atoms with E-state index in [1.165, 1.54) is 18.6 Å². The summed E-state index contributed by atoms with van der Waals surface area (Å²) in [5.74, 6) is -1.22. The molecular formula is C14H13FN4O2S. The normalized spacial score (nSPS) is 9.91. The standard InChI is InChI=1S/C8H10FN.C6H3N3O2S/c1-2-10-8-6-4-3-5-7(8)9;10-6(11)5-9-3-1-7-2-8-4(3)12-5/h3-6,10H,2H2,1H3;1-2H,(H,10,11). The Labute approximate surface area is 129 Å². The number of para-hydroxylation sites is 1. The van der Waals surface area contributed by atoms with Crippen LogP contribution in [0.5, 0.6) is 0 Å². The van der Waals surface area contributed by atoms with Gasteiger partial charge in [0.05, 0.1) is 11.9 Å². The number of nitrogens with zero attached hydrogens (tertiary/aromatic N) is 3. The maximum atomic E-state index is 12.7. The van der Waals surface area contributed by atoms with Crippen molar-refractivity contribution in [3.8, 4) is 0 Å². The lowest BCUT2D eigenvalue weighted by molar-refractivity contribution is 0.0696. The first-order valence-electron chi connectivity index (χ1n) is 6.40. The van der Waals surface area contributed by atoms with Crippen LogP contribution in [-0.4, -0.2) is 32.6 Å². The van der Waals surface area contributed by atoms with E-state index < -0.39 is 5.97 Å². The number of aromatic nitrogens is 3. The van der Waals surface area contributed by atoms with Crippen LogP contribution in [-0.2, 0) is 0 Å². The van der Waals surface area contributed by atoms with Gasteiger partial charge in [0, 0.05) is 6.54 Å². The molecule has 1 aromatic carbocycles. The molecule has 0 aliphatic rings. The number of fused-ring (bicyclic) bond motifs is 1. The molecule has 8 heteroatoms. The second-order valence-electron chi connectivity index (χ2n) is 4.05. The molecule has 114 valence electrons. The summed E-state index contributed by atoms with van der Waals surface area (Å²) < 4.78 is 12.7. The molecule has 0 aliphatic heterocycles. The monoisotopic (exact) mass is 320 g/mol. The number of carboxylic acids is 1. The lowest BCUT2D eigenvalue weighted by Crippen LogP contribution is -1.98. The average Bonchev–Trinajstić information content (AvgIpc) is 2.95. The Morgan fingerprint density at radius 2 is 2.18 bits per heavy atom. The maximum absolute atomic E-state index is 12.7. The second kappa shape index (κ2) is 7.41. The number of rotatable bonds is 3. The van der Waals surface area contributed by atoms with Gasteiger partial charge in [-0.1, -0.05) is 23.5 Å². The van der Waals surface area contributed by atoms with Crippen molar-refractivity contribution >= 4 is 33.3 Å². The van der Waals surface area contributed by atoms with Crippen molar-refractivity contribution in [3.05, 3.63) is 47.6 Å². The van der Waals surface area contributed by atoms with Crippen molar-refractivity contribution in [1.82, 2.24) is 15.0 Å². The predicted octanol–water partition coefficient (Wildman–Crippen LogP) is 3.04. The lowest BCUT2D eigenvalue weighted by atomic mass is 10.3. The topological polar surface area (TPSA) is 88.0 Å². The Hall–Kier alpha value is -2.61. The summed E-state index contributed by atoms with van der Waals surface area (Å²) >= 11 is 1.04. The first-order valence-corrected chi connectivity index (χ1v) is 7.21. The number of carbonyl (C=O) groups is 1. The first kappa shape index (κ1) is 15.8. The zero-order chi connectivity index (χ0) is 15.9. The minimum atomic E-state index is -1.03. The Morgan fingerprint density at radius 1 is 1.41 bits per heavy atom. The summed E-state index contributed by atoms with van der Waals surface area (Å²) in [7, 11) is 0. The van der Waals surface area contributed by atoms with Gasteiger partial charge in [-0.2, -0.15) is 0 Å². The summed E-state index contributed by atoms with van der Waals surface area (Å²) in [4.78, 5) is 22.5. The fourth-order valence-corrected chi connectivity index (χ4v) is 2.29. The van der Waals surface area contributed by atoms with Gasteiger partial charge in [0.1, 0.15) is 22.5 Å². The quantitative estimate of drug-likeness (QED) is 0.771. The van der Waals surface area contributed by atoms with E-state index in [-0.39, 0.29) is 10.8 Å². The van der Waals surface area contributed by atoms with E-state index >= 15 is 0 Å². The van der Waals surface area contributed by atoms with Gasteiger partial charge in [-0.25, -0.2) is 24.1 Å². The lowest BCUT2D eigenvalue weighted by Gasteiger charge is -2.01. The molecule has 3 aromatic rings. The number of hydrogen-bond acceptors (Lipinski definition) is 6. The predicted molar refractivity (Wildman–Crippen MR) is 82.7 cm³/mol. The summed E-state index contributed by atoms with van der Waals surface area (Å²) in [5.41, 5.74) is 1.10. The summed E-state index contributed by atoms with van der Waals surface area (Å²) in [6.45, 7) is 2.69. The van der Waals surface area contributed by atoms with Crippen LogP contribution in [0.4, 0.5) is 10.1 Å². The molecule has 0 radical (unpaired) electrons. The number of hydrogen-bond donors (Lipinski definition) is 2. The molecule has 2 aromatic heterocycles. The van der Waals surface area contributed by atoms with Crippen molar-refractivity contribution in [2.24, 2.45) is 0 Å². The Kier molecular flexibility index (Phi) is 5.31. The minimum Gasteiger partial charge on any atom is -0.476 e. The maximum Gasteiger partial charge on any atom is 0.365 e. The molecule has 2 heterocycles. The number of thiazole rings is 1. The SMILES string of the molecule is CCNc1ccccc1F.O=C(O)c1nc2cncnc2s1. The molecular weight excluding hydrogens is 307 g/mol. The van der Waals surface area contributed by atoms with Crippen molar-refractivity contribution in [2.45, 2.75) is 6.92 Å². The molecule has 0 spiro atoms. The van der Waals surface area contributed by atoms with Crippen molar-refractivity contribution in [1.29, 1.82) is 0 Å². The highest BCUT2D eigenvalue weighted by atomic mass is 32.1. The summed E-state index contributed by atoms with van der Waals surface area (Å²) in [6.07, 6.45) is 2.86. The molecule has 3 rings (SSSR count). The van der Waals surface area contributed by atoms with Gasteiger partial charge in [-0.3, -0.25) is 0 Å². The number of nitrogens with one attached hydrogen (secondary N) is 1. The van der Waals surface area contributed by atoms with Crippen molar-refractivity contribution in [2.75, 3.05) is 11.9 Å². The number of aromatic carboxylic acids is 1. The number of anilines is 1. The molecule has 22 heavy (non-hydrogen) atoms. The van der Waals surface area contributed by atoms with E-state index in [0.29, 0.717) is 16.0 Å². The molecule has 0 saturated carbocycles. The Balaban J connectivity index is 0.000000164. The van der Waals surface area contributed by atoms with Crippen LogP contribution in [0.1, 0.15) is 16.7 Å². The minimum absolute atomic E-state index is 0.0468. The zero-order valence-electron chi connectivity index (χ0n) is 11.7. The molecule has 0 bridgehead atoms. The van der Waals surface area contributed by atoms with Gasteiger partial charge < -0.3 is 10.4 Å². The average molecular weight is 320 g/mol. The third-order valence-electron chi connectivity index (χ3n) is 2.50. The summed E-state index contributed by atoms with van der Waals surface area (Å²) in [6, 6.07) is 6.65. The van der Waals surface area contributed by atoms with Crippen LogP contribution >= 0.6 is 11.3 Å². The van der Waals surface area contributed by atoms with Gasteiger partial charge in [0.25, 0.3) is 0 Å². The molecule has 6 nitrogen and oxygen atoms in total. The fraction of sp³-hybridized carbons (Fsp3) is 0.143. The van der Waals surface area contributed by atoms with Crippen LogP contribution in [0, 0.1) is 5.82 Å². The third-order valence-corrected chi connectivity index (χ3v) is 3.46. The first-order chi connectivity index (χ1) is 10.6. The van der Waals surface area contributed by atoms with E-state index in [0.717, 1.165) is 17.9 Å². The largest absolute Gasteiger partial charge is 0.476 e. The highest BCUT2D eigenvalue weighted by Crippen LogP contribution is 2.17. The molecule has 2 N–H and O–H groups in total. The van der Waals surface area contributed by atoms with Crippen LogP contribution < -0.4 is 5.32 Å². The highest BCUT2D eigenvalue weighted by molar-refractivity contribution is 7.19. The van der Waals surface area contributed by atoms with Crippen molar-refractivity contribution in [3.63, 3.8) is 0 Å². The van der Waals surface area contributed by atoms with E-state index in [1.54, 1.807) is 18.2 Å². The Bertz CT molecular complexity index is 745. The fourth-order valence-electron chi connectivity index (χ4n) is 1.58. The zero-order valence-corrected chi connectivity index (χ0v) is 12.5. The van der Waals surface area contributed by atoms with Gasteiger partial charge in [-0.15, -0.1) is 0 Å². The van der Waals surface area contributed by atoms with Crippen LogP contribution in [0.25, 0.3) is 10.3 Å². The van der Waals surface area contributed by atoms with E-state index in [1.807, 2.05) is 6.92 Å². The Morgan fingerprint density at radius 3 is 2.82 bits per heavy atom. The van der Waals surface area contributed by atoms with E-state index in [2.05, 4.69) is 20.3 Å². The molecule has 0 aliphatic carbocycles. The highest BCUT2D eigenvalue weighted by Gasteiger charge is 2.10. The molecule has 0 unspecified atom stereocenters. The molecule has 0 fully saturated rings. The smallest absolute Gasteiger partial charge is 0.365 e. The molecule has 0 saturated heterocycles. The van der Waals surface area contributed by atoms with Gasteiger partial charge in [0.15, 0.2) is 0 Å². The van der Waals surface area contributed by atoms with Crippen LogP contribution in [0.2, 0.25) is 0 Å². The van der Waals surface area contributed by atoms with Crippen molar-refractivity contribution < 1.29 is 14.3 Å². The van der Waals surface area contributed by atoms with Crippen LogP contribution in [0.3, 0.4) is 0 Å². The van der Waals surface area contributed by atoms with Gasteiger partial charge in [-0.05, 0) is 19.1 Å². The van der Waals surface area contributed by atoms with Crippen LogP contribution in [0.15, 0.2) is 36.8 Å². The number of benzene rings is 1. The third kappa shape index (κ3) is 3.95. The second-order valence-corrected chi connectivity index (χ2v) is 5.03. The van der Waals surface area contributed by atoms with E-state index in [9.17, 15) is 9.18 Å². The van der Waals surface area contributed by atoms with Gasteiger partial charge in [0.2, 0.25) is 5.01 Å². The molecule has 0 atom stereocenters.